The van der Waals surface area contributed by atoms with E-state index in [-0.39, 0.29) is 24.5 Å². The molecular weight excluding hydrogens is 548 g/mol. The third-order valence-electron chi connectivity index (χ3n) is 7.88. The van der Waals surface area contributed by atoms with Gasteiger partial charge in [0.25, 0.3) is 0 Å². The van der Waals surface area contributed by atoms with Crippen molar-refractivity contribution >= 4 is 23.3 Å². The number of carbonyl (C=O) groups is 2. The summed E-state index contributed by atoms with van der Waals surface area (Å²) in [4.78, 5) is 31.6. The van der Waals surface area contributed by atoms with Crippen molar-refractivity contribution in [1.29, 1.82) is 0 Å². The normalized spacial score (nSPS) is 15.2. The lowest BCUT2D eigenvalue weighted by Crippen LogP contribution is -2.48. The van der Waals surface area contributed by atoms with Gasteiger partial charge in [0.15, 0.2) is 0 Å². The lowest BCUT2D eigenvalue weighted by atomic mass is 9.96. The number of hydrogen-bond acceptors (Lipinski definition) is 6. The van der Waals surface area contributed by atoms with E-state index in [1.54, 1.807) is 56.4 Å². The highest BCUT2D eigenvalue weighted by molar-refractivity contribution is 6.02. The van der Waals surface area contributed by atoms with Gasteiger partial charge in [0, 0.05) is 41.7 Å². The monoisotopic (exact) mass is 582 g/mol. The first kappa shape index (κ1) is 28.0. The number of methoxy groups -OCH3 is 4. The molecule has 10 nitrogen and oxygen atoms in total. The minimum Gasteiger partial charge on any atom is -0.497 e. The number of nitrogens with one attached hydrogen (secondary N) is 1. The summed E-state index contributed by atoms with van der Waals surface area (Å²) in [5.41, 5.74) is 3.79. The number of carbonyl (C=O) groups excluding carboxylic acids is 2. The molecule has 1 aliphatic heterocycles. The summed E-state index contributed by atoms with van der Waals surface area (Å²) in [5.74, 6) is 2.14. The summed E-state index contributed by atoms with van der Waals surface area (Å²) in [7, 11) is 6.32. The second-order valence-corrected chi connectivity index (χ2v) is 10.5. The van der Waals surface area contributed by atoms with E-state index < -0.39 is 6.04 Å². The van der Waals surface area contributed by atoms with Crippen molar-refractivity contribution in [2.75, 3.05) is 45.2 Å². The third-order valence-corrected chi connectivity index (χ3v) is 7.88. The Kier molecular flexibility index (Phi) is 7.58. The molecule has 222 valence electrons. The molecule has 1 aliphatic carbocycles. The van der Waals surface area contributed by atoms with E-state index in [1.807, 2.05) is 60.8 Å². The average Bonchev–Trinajstić information content (AvgIpc) is 3.76. The Balaban J connectivity index is 1.38. The Bertz CT molecular complexity index is 1640. The van der Waals surface area contributed by atoms with Crippen LogP contribution in [0.25, 0.3) is 5.69 Å². The number of nitrogens with zero attached hydrogens (tertiary/aromatic N) is 3. The topological polar surface area (TPSA) is 94.5 Å². The van der Waals surface area contributed by atoms with Gasteiger partial charge in [-0.15, -0.1) is 0 Å². The van der Waals surface area contributed by atoms with E-state index in [4.69, 9.17) is 18.9 Å². The van der Waals surface area contributed by atoms with Gasteiger partial charge in [-0.25, -0.2) is 4.79 Å². The molecule has 1 saturated carbocycles. The summed E-state index contributed by atoms with van der Waals surface area (Å²) < 4.78 is 24.1. The fraction of sp³-hybridized carbons (Fsp3) is 0.273. The Labute approximate surface area is 250 Å². The minimum absolute atomic E-state index is 0.0369. The SMILES string of the molecule is COc1cc(NC(=O)N(CC(=O)N2c3ccccc3-n3cccc3C2c2cc(OC)ccc2OC)C2CC2)cc(OC)c1. The van der Waals surface area contributed by atoms with Gasteiger partial charge in [0.05, 0.1) is 45.5 Å². The number of hydrogen-bond donors (Lipinski definition) is 1. The third kappa shape index (κ3) is 5.31. The van der Waals surface area contributed by atoms with Crippen LogP contribution in [0.4, 0.5) is 16.2 Å². The number of benzene rings is 3. The highest BCUT2D eigenvalue weighted by Gasteiger charge is 2.41. The molecule has 0 spiro atoms. The summed E-state index contributed by atoms with van der Waals surface area (Å²) in [6.45, 7) is -0.116. The van der Waals surface area contributed by atoms with Crippen LogP contribution in [0.5, 0.6) is 23.0 Å². The molecule has 1 aromatic heterocycles. The molecule has 0 bridgehead atoms. The molecule has 10 heteroatoms. The minimum atomic E-state index is -0.533. The summed E-state index contributed by atoms with van der Waals surface area (Å²) >= 11 is 0. The number of anilines is 2. The highest BCUT2D eigenvalue weighted by atomic mass is 16.5. The zero-order chi connectivity index (χ0) is 30.1. The maximum absolute atomic E-state index is 14.5. The molecule has 3 amide bonds. The molecule has 3 aromatic carbocycles. The standard InChI is InChI=1S/C33H34N4O6/c1-40-23-13-14-30(43-4)26(19-23)32-29-10-7-15-35(29)27-8-5-6-9-28(27)37(32)31(38)20-36(22-11-12-22)33(39)34-21-16-24(41-2)18-25(17-21)42-3/h5-10,13-19,22,32H,11-12,20H2,1-4H3,(H,34,39). The second-order valence-electron chi connectivity index (χ2n) is 10.5. The predicted octanol–water partition coefficient (Wildman–Crippen LogP) is 5.64. The van der Waals surface area contributed by atoms with Gasteiger partial charge < -0.3 is 33.7 Å². The van der Waals surface area contributed by atoms with Crippen molar-refractivity contribution < 1.29 is 28.5 Å². The molecule has 1 atom stereocenters. The van der Waals surface area contributed by atoms with E-state index >= 15 is 0 Å². The molecule has 6 rings (SSSR count). The molecule has 1 unspecified atom stereocenters. The lowest BCUT2D eigenvalue weighted by molar-refractivity contribution is -0.119. The number of aromatic nitrogens is 1. The van der Waals surface area contributed by atoms with Gasteiger partial charge in [-0.1, -0.05) is 12.1 Å². The van der Waals surface area contributed by atoms with E-state index in [2.05, 4.69) is 9.88 Å². The van der Waals surface area contributed by atoms with Gasteiger partial charge in [-0.2, -0.15) is 0 Å². The van der Waals surface area contributed by atoms with E-state index in [0.717, 1.165) is 35.5 Å². The van der Waals surface area contributed by atoms with Crippen LogP contribution >= 0.6 is 0 Å². The van der Waals surface area contributed by atoms with Crippen LogP contribution in [0, 0.1) is 0 Å². The smallest absolute Gasteiger partial charge is 0.322 e. The van der Waals surface area contributed by atoms with Gasteiger partial charge in [-0.3, -0.25) is 9.69 Å². The highest BCUT2D eigenvalue weighted by Crippen LogP contribution is 2.45. The van der Waals surface area contributed by atoms with Crippen molar-refractivity contribution in [2.45, 2.75) is 24.9 Å². The number of rotatable bonds is 9. The molecular formula is C33H34N4O6. The molecule has 1 fully saturated rings. The van der Waals surface area contributed by atoms with Gasteiger partial charge in [0.1, 0.15) is 35.6 Å². The lowest BCUT2D eigenvalue weighted by Gasteiger charge is -2.40. The molecule has 0 radical (unpaired) electrons. The number of ether oxygens (including phenoxy) is 4. The molecule has 43 heavy (non-hydrogen) atoms. The number of para-hydroxylation sites is 2. The quantitative estimate of drug-likeness (QED) is 0.274. The first-order chi connectivity index (χ1) is 20.9. The van der Waals surface area contributed by atoms with Gasteiger partial charge >= 0.3 is 6.03 Å². The summed E-state index contributed by atoms with van der Waals surface area (Å²) in [6, 6.07) is 21.5. The summed E-state index contributed by atoms with van der Waals surface area (Å²) in [6.07, 6.45) is 3.64. The second kappa shape index (κ2) is 11.6. The maximum atomic E-state index is 14.5. The van der Waals surface area contributed by atoms with Crippen LogP contribution < -0.4 is 29.2 Å². The van der Waals surface area contributed by atoms with Crippen LogP contribution in [0.3, 0.4) is 0 Å². The molecule has 2 aliphatic rings. The molecule has 1 N–H and O–H groups in total. The largest absolute Gasteiger partial charge is 0.497 e. The molecule has 4 aromatic rings. The van der Waals surface area contributed by atoms with E-state index in [0.29, 0.717) is 28.7 Å². The first-order valence-corrected chi connectivity index (χ1v) is 14.1. The maximum Gasteiger partial charge on any atom is 0.322 e. The number of urea groups is 1. The Hall–Kier alpha value is -5.12. The van der Waals surface area contributed by atoms with Crippen molar-refractivity contribution in [1.82, 2.24) is 9.47 Å². The van der Waals surface area contributed by atoms with Gasteiger partial charge in [0.2, 0.25) is 5.91 Å². The predicted molar refractivity (Wildman–Crippen MR) is 163 cm³/mol. The van der Waals surface area contributed by atoms with Crippen LogP contribution in [-0.4, -0.2) is 62.4 Å². The van der Waals surface area contributed by atoms with Crippen molar-refractivity contribution in [2.24, 2.45) is 0 Å². The number of fused-ring (bicyclic) bond motifs is 3. The zero-order valence-electron chi connectivity index (χ0n) is 24.6. The fourth-order valence-corrected chi connectivity index (χ4v) is 5.66. The van der Waals surface area contributed by atoms with E-state index in [1.165, 1.54) is 0 Å². The van der Waals surface area contributed by atoms with E-state index in [9.17, 15) is 9.59 Å². The van der Waals surface area contributed by atoms with Crippen LogP contribution in [0.15, 0.2) is 79.0 Å². The van der Waals surface area contributed by atoms with Crippen molar-refractivity contribution in [3.63, 3.8) is 0 Å². The van der Waals surface area contributed by atoms with Crippen LogP contribution in [-0.2, 0) is 4.79 Å². The van der Waals surface area contributed by atoms with Gasteiger partial charge in [-0.05, 0) is 55.3 Å². The number of amides is 3. The fourth-order valence-electron chi connectivity index (χ4n) is 5.66. The van der Waals surface area contributed by atoms with Crippen LogP contribution in [0.2, 0.25) is 0 Å². The molecule has 0 saturated heterocycles. The van der Waals surface area contributed by atoms with Crippen molar-refractivity contribution in [3.8, 4) is 28.7 Å². The Morgan fingerprint density at radius 2 is 1.51 bits per heavy atom. The Morgan fingerprint density at radius 3 is 2.16 bits per heavy atom. The van der Waals surface area contributed by atoms with Crippen molar-refractivity contribution in [3.05, 3.63) is 90.3 Å². The summed E-state index contributed by atoms with van der Waals surface area (Å²) in [5, 5.41) is 2.94. The molecule has 2 heterocycles. The first-order valence-electron chi connectivity index (χ1n) is 14.1. The zero-order valence-corrected chi connectivity index (χ0v) is 24.6. The Morgan fingerprint density at radius 1 is 0.814 bits per heavy atom. The average molecular weight is 583 g/mol. The van der Waals surface area contributed by atoms with Crippen LogP contribution in [0.1, 0.15) is 30.1 Å².